The summed E-state index contributed by atoms with van der Waals surface area (Å²) in [6, 6.07) is 4.63. The van der Waals surface area contributed by atoms with Crippen LogP contribution in [0.2, 0.25) is 0 Å². The average Bonchev–Trinajstić information content (AvgIpc) is 3.26. The van der Waals surface area contributed by atoms with Crippen LogP contribution in [0.25, 0.3) is 10.9 Å². The van der Waals surface area contributed by atoms with Crippen LogP contribution in [0.1, 0.15) is 25.7 Å². The van der Waals surface area contributed by atoms with E-state index in [4.69, 9.17) is 19.4 Å². The van der Waals surface area contributed by atoms with Gasteiger partial charge in [-0.05, 0) is 44.8 Å². The van der Waals surface area contributed by atoms with E-state index in [0.29, 0.717) is 11.5 Å². The first-order chi connectivity index (χ1) is 13.6. The quantitative estimate of drug-likeness (QED) is 0.784. The molecular formula is C21H31N5O2. The number of hydrogen-bond acceptors (Lipinski definition) is 7. The van der Waals surface area contributed by atoms with Gasteiger partial charge in [0.2, 0.25) is 5.95 Å². The molecule has 2 aliphatic heterocycles. The second kappa shape index (κ2) is 7.99. The van der Waals surface area contributed by atoms with Gasteiger partial charge in [-0.3, -0.25) is 0 Å². The summed E-state index contributed by atoms with van der Waals surface area (Å²) < 4.78 is 11.0. The van der Waals surface area contributed by atoms with Gasteiger partial charge in [0, 0.05) is 44.7 Å². The summed E-state index contributed by atoms with van der Waals surface area (Å²) in [6.45, 7) is 4.55. The molecule has 0 unspecified atom stereocenters. The highest BCUT2D eigenvalue weighted by Crippen LogP contribution is 2.36. The van der Waals surface area contributed by atoms with Crippen molar-refractivity contribution in [2.24, 2.45) is 0 Å². The maximum absolute atomic E-state index is 5.48. The molecule has 0 N–H and O–H groups in total. The van der Waals surface area contributed by atoms with Crippen LogP contribution in [0.4, 0.5) is 11.8 Å². The molecule has 0 bridgehead atoms. The zero-order chi connectivity index (χ0) is 19.7. The third-order valence-electron chi connectivity index (χ3n) is 6.00. The number of ether oxygens (including phenoxy) is 2. The van der Waals surface area contributed by atoms with Gasteiger partial charge in [-0.25, -0.2) is 4.98 Å². The van der Waals surface area contributed by atoms with Crippen LogP contribution < -0.4 is 19.3 Å². The highest BCUT2D eigenvalue weighted by molar-refractivity contribution is 5.93. The molecule has 0 atom stereocenters. The highest BCUT2D eigenvalue weighted by atomic mass is 16.5. The Morgan fingerprint density at radius 1 is 0.929 bits per heavy atom. The molecule has 7 nitrogen and oxygen atoms in total. The monoisotopic (exact) mass is 385 g/mol. The van der Waals surface area contributed by atoms with Gasteiger partial charge in [-0.15, -0.1) is 0 Å². The van der Waals surface area contributed by atoms with E-state index in [9.17, 15) is 0 Å². The van der Waals surface area contributed by atoms with Crippen LogP contribution in [0, 0.1) is 0 Å². The first-order valence-corrected chi connectivity index (χ1v) is 10.2. The maximum Gasteiger partial charge on any atom is 0.227 e. The molecule has 2 fully saturated rings. The van der Waals surface area contributed by atoms with E-state index in [1.165, 1.54) is 38.8 Å². The van der Waals surface area contributed by atoms with E-state index in [-0.39, 0.29) is 0 Å². The van der Waals surface area contributed by atoms with Crippen molar-refractivity contribution in [3.63, 3.8) is 0 Å². The predicted molar refractivity (Wildman–Crippen MR) is 113 cm³/mol. The van der Waals surface area contributed by atoms with E-state index in [1.54, 1.807) is 14.2 Å². The molecule has 0 radical (unpaired) electrons. The number of nitrogens with zero attached hydrogens (tertiary/aromatic N) is 5. The lowest BCUT2D eigenvalue weighted by molar-refractivity contribution is 0.207. The van der Waals surface area contributed by atoms with Gasteiger partial charge in [0.15, 0.2) is 11.5 Å². The Hall–Kier alpha value is -2.28. The van der Waals surface area contributed by atoms with Crippen molar-refractivity contribution >= 4 is 22.7 Å². The Bertz CT molecular complexity index is 827. The van der Waals surface area contributed by atoms with Gasteiger partial charge in [0.05, 0.1) is 19.7 Å². The molecule has 1 aromatic heterocycles. The third kappa shape index (κ3) is 3.55. The smallest absolute Gasteiger partial charge is 0.227 e. The van der Waals surface area contributed by atoms with E-state index < -0.39 is 0 Å². The van der Waals surface area contributed by atoms with Crippen LogP contribution in [0.3, 0.4) is 0 Å². The summed E-state index contributed by atoms with van der Waals surface area (Å²) in [5.74, 6) is 3.10. The fraction of sp³-hybridized carbons (Fsp3) is 0.619. The molecule has 1 aromatic carbocycles. The minimum absolute atomic E-state index is 0.692. The molecule has 0 spiro atoms. The van der Waals surface area contributed by atoms with Crippen molar-refractivity contribution in [2.75, 3.05) is 64.3 Å². The molecule has 3 heterocycles. The Labute approximate surface area is 167 Å². The molecule has 2 aliphatic rings. The molecule has 0 amide bonds. The van der Waals surface area contributed by atoms with Crippen molar-refractivity contribution in [3.8, 4) is 11.5 Å². The second-order valence-electron chi connectivity index (χ2n) is 7.93. The van der Waals surface area contributed by atoms with E-state index in [2.05, 4.69) is 9.80 Å². The zero-order valence-corrected chi connectivity index (χ0v) is 17.4. The summed E-state index contributed by atoms with van der Waals surface area (Å²) in [5, 5.41) is 0.971. The van der Waals surface area contributed by atoms with Crippen molar-refractivity contribution in [2.45, 2.75) is 31.7 Å². The molecule has 0 aliphatic carbocycles. The maximum atomic E-state index is 5.48. The average molecular weight is 386 g/mol. The standard InChI is InChI=1S/C21H31N5O2/c1-24(2)20-16-13-18(27-3)19(28-4)14-17(16)22-21(23-20)26-11-7-15(8-12-26)25-9-5-6-10-25/h13-15H,5-12H2,1-4H3. The number of rotatable bonds is 5. The Balaban J connectivity index is 1.64. The molecule has 0 saturated carbocycles. The number of anilines is 2. The molecular weight excluding hydrogens is 354 g/mol. The van der Waals surface area contributed by atoms with Crippen molar-refractivity contribution in [3.05, 3.63) is 12.1 Å². The Morgan fingerprint density at radius 2 is 1.57 bits per heavy atom. The van der Waals surface area contributed by atoms with Crippen LogP contribution in [-0.2, 0) is 0 Å². The number of aromatic nitrogens is 2. The number of benzene rings is 1. The highest BCUT2D eigenvalue weighted by Gasteiger charge is 2.28. The Kier molecular flexibility index (Phi) is 5.44. The molecule has 7 heteroatoms. The zero-order valence-electron chi connectivity index (χ0n) is 17.4. The summed E-state index contributed by atoms with van der Waals surface area (Å²) in [4.78, 5) is 16.8. The summed E-state index contributed by atoms with van der Waals surface area (Å²) in [7, 11) is 7.34. The number of methoxy groups -OCH3 is 2. The first kappa shape index (κ1) is 19.1. The molecule has 2 aromatic rings. The minimum atomic E-state index is 0.692. The van der Waals surface area contributed by atoms with Crippen molar-refractivity contribution < 1.29 is 9.47 Å². The van der Waals surface area contributed by atoms with Gasteiger partial charge in [-0.1, -0.05) is 0 Å². The normalized spacial score (nSPS) is 18.6. The van der Waals surface area contributed by atoms with Crippen LogP contribution in [0.15, 0.2) is 12.1 Å². The summed E-state index contributed by atoms with van der Waals surface area (Å²) in [5.41, 5.74) is 0.882. The molecule has 152 valence electrons. The lowest BCUT2D eigenvalue weighted by Crippen LogP contribution is -2.44. The second-order valence-corrected chi connectivity index (χ2v) is 7.93. The fourth-order valence-corrected chi connectivity index (χ4v) is 4.45. The lowest BCUT2D eigenvalue weighted by Gasteiger charge is -2.37. The minimum Gasteiger partial charge on any atom is -0.493 e. The molecule has 28 heavy (non-hydrogen) atoms. The number of likely N-dealkylation sites (tertiary alicyclic amines) is 1. The van der Waals surface area contributed by atoms with E-state index in [0.717, 1.165) is 41.8 Å². The third-order valence-corrected chi connectivity index (χ3v) is 6.00. The molecule has 4 rings (SSSR count). The largest absolute Gasteiger partial charge is 0.493 e. The lowest BCUT2D eigenvalue weighted by atomic mass is 10.0. The number of fused-ring (bicyclic) bond motifs is 1. The van der Waals surface area contributed by atoms with Gasteiger partial charge in [-0.2, -0.15) is 4.98 Å². The van der Waals surface area contributed by atoms with Gasteiger partial charge in [0.25, 0.3) is 0 Å². The summed E-state index contributed by atoms with van der Waals surface area (Å²) in [6.07, 6.45) is 5.08. The van der Waals surface area contributed by atoms with Gasteiger partial charge >= 0.3 is 0 Å². The van der Waals surface area contributed by atoms with Crippen molar-refractivity contribution in [1.29, 1.82) is 0 Å². The first-order valence-electron chi connectivity index (χ1n) is 10.2. The van der Waals surface area contributed by atoms with Gasteiger partial charge < -0.3 is 24.2 Å². The number of piperidine rings is 1. The predicted octanol–water partition coefficient (Wildman–Crippen LogP) is 2.78. The van der Waals surface area contributed by atoms with Crippen molar-refractivity contribution in [1.82, 2.24) is 14.9 Å². The summed E-state index contributed by atoms with van der Waals surface area (Å²) >= 11 is 0. The SMILES string of the molecule is COc1cc2nc(N3CCC(N4CCCC4)CC3)nc(N(C)C)c2cc1OC. The topological polar surface area (TPSA) is 54.0 Å². The van der Waals surface area contributed by atoms with Crippen LogP contribution >= 0.6 is 0 Å². The van der Waals surface area contributed by atoms with E-state index in [1.807, 2.05) is 31.1 Å². The fourth-order valence-electron chi connectivity index (χ4n) is 4.45. The van der Waals surface area contributed by atoms with Crippen LogP contribution in [-0.4, -0.2) is 75.4 Å². The van der Waals surface area contributed by atoms with E-state index >= 15 is 0 Å². The number of hydrogen-bond donors (Lipinski definition) is 0. The Morgan fingerprint density at radius 3 is 2.18 bits per heavy atom. The van der Waals surface area contributed by atoms with Crippen LogP contribution in [0.5, 0.6) is 11.5 Å². The van der Waals surface area contributed by atoms with Gasteiger partial charge in [0.1, 0.15) is 5.82 Å². The molecule has 2 saturated heterocycles.